The van der Waals surface area contributed by atoms with Gasteiger partial charge in [0, 0.05) is 21.7 Å². The van der Waals surface area contributed by atoms with Gasteiger partial charge in [-0.15, -0.1) is 0 Å². The Morgan fingerprint density at radius 3 is 2.69 bits per heavy atom. The van der Waals surface area contributed by atoms with Crippen LogP contribution in [-0.2, 0) is 27.5 Å². The second-order valence-electron chi connectivity index (χ2n) is 6.08. The van der Waals surface area contributed by atoms with Crippen molar-refractivity contribution in [3.63, 3.8) is 0 Å². The molecule has 2 aromatic carbocycles. The number of ether oxygens (including phenoxy) is 5. The van der Waals surface area contributed by atoms with Crippen LogP contribution in [0.15, 0.2) is 30.3 Å². The van der Waals surface area contributed by atoms with Gasteiger partial charge < -0.3 is 29.0 Å². The predicted octanol–water partition coefficient (Wildman–Crippen LogP) is 2.70. The van der Waals surface area contributed by atoms with Crippen molar-refractivity contribution >= 4 is 23.5 Å². The minimum absolute atomic E-state index is 0.0338. The van der Waals surface area contributed by atoms with E-state index in [1.54, 1.807) is 24.3 Å². The number of amides is 1. The van der Waals surface area contributed by atoms with Crippen LogP contribution in [0.4, 0.5) is 0 Å². The van der Waals surface area contributed by atoms with Crippen molar-refractivity contribution < 1.29 is 33.3 Å². The maximum Gasteiger partial charge on any atom is 0.325 e. The van der Waals surface area contributed by atoms with Crippen molar-refractivity contribution in [2.24, 2.45) is 0 Å². The number of fused-ring (bicyclic) bond motifs is 1. The minimum Gasteiger partial charge on any atom is -0.493 e. The molecule has 1 amide bonds. The second-order valence-corrected chi connectivity index (χ2v) is 6.51. The molecule has 2 aromatic rings. The summed E-state index contributed by atoms with van der Waals surface area (Å²) in [7, 11) is 2.98. The molecule has 1 aliphatic heterocycles. The Kier molecular flexibility index (Phi) is 6.79. The zero-order valence-corrected chi connectivity index (χ0v) is 16.7. The van der Waals surface area contributed by atoms with Crippen LogP contribution in [0.25, 0.3) is 0 Å². The molecule has 0 unspecified atom stereocenters. The van der Waals surface area contributed by atoms with E-state index < -0.39 is 11.9 Å². The van der Waals surface area contributed by atoms with Gasteiger partial charge in [-0.2, -0.15) is 0 Å². The van der Waals surface area contributed by atoms with Gasteiger partial charge in [0.15, 0.2) is 18.3 Å². The molecule has 29 heavy (non-hydrogen) atoms. The number of carbonyl (C=O) groups is 2. The number of rotatable bonds is 7. The molecule has 1 aliphatic rings. The summed E-state index contributed by atoms with van der Waals surface area (Å²) in [4.78, 5) is 24.3. The third-order valence-electron chi connectivity index (χ3n) is 4.18. The zero-order chi connectivity index (χ0) is 20.8. The average molecular weight is 422 g/mol. The third-order valence-corrected chi connectivity index (χ3v) is 4.40. The average Bonchev–Trinajstić information content (AvgIpc) is 2.75. The van der Waals surface area contributed by atoms with E-state index in [9.17, 15) is 9.59 Å². The first kappa shape index (κ1) is 20.8. The molecule has 0 spiro atoms. The number of nitrogens with one attached hydrogen (secondary N) is 1. The monoisotopic (exact) mass is 421 g/mol. The van der Waals surface area contributed by atoms with Gasteiger partial charge in [-0.1, -0.05) is 11.6 Å². The van der Waals surface area contributed by atoms with Crippen LogP contribution in [0.2, 0.25) is 5.02 Å². The fourth-order valence-electron chi connectivity index (χ4n) is 2.81. The van der Waals surface area contributed by atoms with Gasteiger partial charge in [-0.25, -0.2) is 0 Å². The zero-order valence-electron chi connectivity index (χ0n) is 16.0. The fraction of sp³-hybridized carbons (Fsp3) is 0.300. The molecule has 3 rings (SSSR count). The Bertz CT molecular complexity index is 916. The summed E-state index contributed by atoms with van der Waals surface area (Å²) in [6.07, 6.45) is 0. The van der Waals surface area contributed by atoms with E-state index in [0.717, 1.165) is 5.56 Å². The lowest BCUT2D eigenvalue weighted by molar-refractivity contribution is -0.143. The summed E-state index contributed by atoms with van der Waals surface area (Å²) in [6, 6.07) is 8.11. The molecular weight excluding hydrogens is 402 g/mol. The topological polar surface area (TPSA) is 92.3 Å². The highest BCUT2D eigenvalue weighted by Crippen LogP contribution is 2.32. The van der Waals surface area contributed by atoms with Crippen LogP contribution in [-0.4, -0.2) is 39.4 Å². The van der Waals surface area contributed by atoms with Crippen LogP contribution in [0, 0.1) is 0 Å². The number of hydrogen-bond acceptors (Lipinski definition) is 7. The summed E-state index contributed by atoms with van der Waals surface area (Å²) in [5, 5.41) is 3.00. The number of benzene rings is 2. The lowest BCUT2D eigenvalue weighted by Crippen LogP contribution is -2.30. The second kappa shape index (κ2) is 9.49. The van der Waals surface area contributed by atoms with Crippen LogP contribution in [0.1, 0.15) is 21.5 Å². The highest BCUT2D eigenvalue weighted by Gasteiger charge is 2.18. The first-order chi connectivity index (χ1) is 14.0. The normalized spacial score (nSPS) is 12.4. The van der Waals surface area contributed by atoms with Gasteiger partial charge in [0.1, 0.15) is 18.9 Å². The van der Waals surface area contributed by atoms with E-state index in [1.807, 2.05) is 0 Å². The summed E-state index contributed by atoms with van der Waals surface area (Å²) in [5.41, 5.74) is 1.75. The van der Waals surface area contributed by atoms with E-state index in [0.29, 0.717) is 40.0 Å². The molecule has 0 aromatic heterocycles. The molecule has 0 bridgehead atoms. The highest BCUT2D eigenvalue weighted by molar-refractivity contribution is 6.30. The first-order valence-electron chi connectivity index (χ1n) is 8.69. The molecule has 0 saturated heterocycles. The molecule has 8 nitrogen and oxygen atoms in total. The maximum absolute atomic E-state index is 12.3. The first-order valence-corrected chi connectivity index (χ1v) is 9.07. The van der Waals surface area contributed by atoms with Crippen molar-refractivity contribution in [2.75, 3.05) is 27.6 Å². The van der Waals surface area contributed by atoms with E-state index in [2.05, 4.69) is 5.32 Å². The molecular formula is C20H20ClNO7. The van der Waals surface area contributed by atoms with Crippen LogP contribution in [0.5, 0.6) is 17.2 Å². The lowest BCUT2D eigenvalue weighted by Gasteiger charge is -2.21. The molecule has 0 radical (unpaired) electrons. The molecule has 154 valence electrons. The standard InChI is InChI=1S/C20H20ClNO7/c1-25-16-4-3-12(7-17(16)26-2)20(24)22-8-18(23)28-10-14-6-15(21)5-13-9-27-11-29-19(13)14/h3-7H,8-11H2,1-2H3,(H,22,24). The van der Waals surface area contributed by atoms with E-state index in [4.69, 9.17) is 35.3 Å². The number of carbonyl (C=O) groups excluding carboxylic acids is 2. The maximum atomic E-state index is 12.3. The number of hydrogen-bond donors (Lipinski definition) is 1. The highest BCUT2D eigenvalue weighted by atomic mass is 35.5. The van der Waals surface area contributed by atoms with Crippen LogP contribution in [0.3, 0.4) is 0 Å². The molecule has 1 N–H and O–H groups in total. The fourth-order valence-corrected chi connectivity index (χ4v) is 3.07. The van der Waals surface area contributed by atoms with Crippen molar-refractivity contribution in [3.05, 3.63) is 52.0 Å². The number of esters is 1. The largest absolute Gasteiger partial charge is 0.493 e. The minimum atomic E-state index is -0.598. The Balaban J connectivity index is 1.56. The predicted molar refractivity (Wildman–Crippen MR) is 103 cm³/mol. The molecule has 1 heterocycles. The summed E-state index contributed by atoms with van der Waals surface area (Å²) in [5.74, 6) is 0.476. The van der Waals surface area contributed by atoms with Gasteiger partial charge in [0.2, 0.25) is 0 Å². The van der Waals surface area contributed by atoms with Gasteiger partial charge >= 0.3 is 5.97 Å². The van der Waals surface area contributed by atoms with E-state index in [-0.39, 0.29) is 19.9 Å². The Morgan fingerprint density at radius 2 is 1.93 bits per heavy atom. The summed E-state index contributed by atoms with van der Waals surface area (Å²) in [6.45, 7) is 0.170. The number of halogens is 1. The smallest absolute Gasteiger partial charge is 0.325 e. The van der Waals surface area contributed by atoms with Crippen LogP contribution >= 0.6 is 11.6 Å². The third kappa shape index (κ3) is 5.10. The Hall–Kier alpha value is -2.97. The number of methoxy groups -OCH3 is 2. The summed E-state index contributed by atoms with van der Waals surface area (Å²) >= 11 is 6.09. The van der Waals surface area contributed by atoms with E-state index in [1.165, 1.54) is 20.3 Å². The quantitative estimate of drug-likeness (QED) is 0.687. The van der Waals surface area contributed by atoms with Gasteiger partial charge in [-0.3, -0.25) is 9.59 Å². The van der Waals surface area contributed by atoms with Gasteiger partial charge in [0.05, 0.1) is 20.8 Å². The van der Waals surface area contributed by atoms with Crippen molar-refractivity contribution in [1.29, 1.82) is 0 Å². The molecule has 0 saturated carbocycles. The van der Waals surface area contributed by atoms with Crippen molar-refractivity contribution in [2.45, 2.75) is 13.2 Å². The molecule has 0 atom stereocenters. The summed E-state index contributed by atoms with van der Waals surface area (Å²) < 4.78 is 26.2. The molecule has 0 aliphatic carbocycles. The van der Waals surface area contributed by atoms with Gasteiger partial charge in [0.25, 0.3) is 5.91 Å². The molecule has 9 heteroatoms. The molecule has 0 fully saturated rings. The van der Waals surface area contributed by atoms with E-state index >= 15 is 0 Å². The van der Waals surface area contributed by atoms with Crippen molar-refractivity contribution in [3.8, 4) is 17.2 Å². The van der Waals surface area contributed by atoms with Crippen LogP contribution < -0.4 is 19.5 Å². The lowest BCUT2D eigenvalue weighted by atomic mass is 10.1. The van der Waals surface area contributed by atoms with Gasteiger partial charge in [-0.05, 0) is 30.3 Å². The Morgan fingerprint density at radius 1 is 1.14 bits per heavy atom. The Labute approximate surface area is 172 Å². The SMILES string of the molecule is COc1ccc(C(=O)NCC(=O)OCc2cc(Cl)cc3c2OCOC3)cc1OC. The van der Waals surface area contributed by atoms with Crippen molar-refractivity contribution in [1.82, 2.24) is 5.32 Å².